The molecule has 154 valence electrons. The van der Waals surface area contributed by atoms with E-state index in [0.717, 1.165) is 5.69 Å². The van der Waals surface area contributed by atoms with Crippen molar-refractivity contribution in [1.82, 2.24) is 9.21 Å². The van der Waals surface area contributed by atoms with Crippen LogP contribution in [0.1, 0.15) is 19.8 Å². The van der Waals surface area contributed by atoms with Gasteiger partial charge in [-0.25, -0.2) is 13.2 Å². The van der Waals surface area contributed by atoms with Crippen LogP contribution in [0.2, 0.25) is 0 Å². The number of nitrogens with one attached hydrogen (secondary N) is 1. The molecule has 0 saturated carbocycles. The third kappa shape index (κ3) is 3.82. The third-order valence-corrected chi connectivity index (χ3v) is 7.55. The summed E-state index contributed by atoms with van der Waals surface area (Å²) in [5.41, 5.74) is 0.735. The fraction of sp³-hybridized carbons (Fsp3) is 0.381. The molecule has 2 heterocycles. The Hall–Kier alpha value is -2.58. The fourth-order valence-corrected chi connectivity index (χ4v) is 5.90. The van der Waals surface area contributed by atoms with Gasteiger partial charge in [-0.15, -0.1) is 0 Å². The van der Waals surface area contributed by atoms with Gasteiger partial charge in [0, 0.05) is 31.7 Å². The first-order valence-electron chi connectivity index (χ1n) is 9.89. The highest BCUT2D eigenvalue weighted by Crippen LogP contribution is 2.36. The number of likely N-dealkylation sites (N-methyl/N-ethyl adjacent to an activating group) is 1. The molecule has 4 rings (SSSR count). The van der Waals surface area contributed by atoms with Crippen molar-refractivity contribution in [2.45, 2.75) is 36.8 Å². The van der Waals surface area contributed by atoms with Gasteiger partial charge in [0.05, 0.1) is 6.04 Å². The smallest absolute Gasteiger partial charge is 0.321 e. The molecular weight excluding hydrogens is 390 g/mol. The molecule has 0 spiro atoms. The second kappa shape index (κ2) is 8.04. The Morgan fingerprint density at radius 1 is 1.07 bits per heavy atom. The van der Waals surface area contributed by atoms with E-state index >= 15 is 0 Å². The molecule has 2 amide bonds. The molecule has 1 N–H and O–H groups in total. The summed E-state index contributed by atoms with van der Waals surface area (Å²) < 4.78 is 34.2. The van der Waals surface area contributed by atoms with Gasteiger partial charge in [0.2, 0.25) is 10.0 Å². The summed E-state index contributed by atoms with van der Waals surface area (Å²) in [5.74, 6) is 0.389. The van der Waals surface area contributed by atoms with E-state index in [1.165, 1.54) is 4.31 Å². The van der Waals surface area contributed by atoms with E-state index < -0.39 is 10.0 Å². The van der Waals surface area contributed by atoms with Crippen LogP contribution in [0.25, 0.3) is 0 Å². The number of likely N-dealkylation sites (tertiary alicyclic amines) is 1. The van der Waals surface area contributed by atoms with Gasteiger partial charge in [0.25, 0.3) is 0 Å². The zero-order valence-corrected chi connectivity index (χ0v) is 17.1. The summed E-state index contributed by atoms with van der Waals surface area (Å²) >= 11 is 0. The minimum atomic E-state index is -3.65. The number of benzene rings is 2. The molecule has 8 heteroatoms. The number of fused-ring (bicyclic) bond motifs is 2. The van der Waals surface area contributed by atoms with Crippen molar-refractivity contribution in [1.29, 1.82) is 0 Å². The molecule has 2 aliphatic heterocycles. The number of hydrogen-bond acceptors (Lipinski definition) is 4. The van der Waals surface area contributed by atoms with Crippen molar-refractivity contribution in [3.8, 4) is 5.75 Å². The largest absolute Gasteiger partial charge is 0.487 e. The maximum absolute atomic E-state index is 13.2. The van der Waals surface area contributed by atoms with Crippen molar-refractivity contribution in [2.75, 3.05) is 25.0 Å². The van der Waals surface area contributed by atoms with Gasteiger partial charge in [0.15, 0.2) is 0 Å². The van der Waals surface area contributed by atoms with Gasteiger partial charge in [-0.3, -0.25) is 0 Å². The number of sulfonamides is 1. The zero-order valence-electron chi connectivity index (χ0n) is 16.3. The number of hydrogen-bond donors (Lipinski definition) is 1. The summed E-state index contributed by atoms with van der Waals surface area (Å²) in [4.78, 5) is 14.7. The topological polar surface area (TPSA) is 79.0 Å². The van der Waals surface area contributed by atoms with Gasteiger partial charge in [0.1, 0.15) is 16.7 Å². The van der Waals surface area contributed by atoms with Gasteiger partial charge < -0.3 is 15.0 Å². The number of urea groups is 1. The quantitative estimate of drug-likeness (QED) is 0.817. The molecule has 0 bridgehead atoms. The van der Waals surface area contributed by atoms with E-state index in [0.29, 0.717) is 38.2 Å². The minimum absolute atomic E-state index is 0.182. The first-order chi connectivity index (χ1) is 14.0. The van der Waals surface area contributed by atoms with Crippen molar-refractivity contribution >= 4 is 21.7 Å². The van der Waals surface area contributed by atoms with Crippen LogP contribution in [0, 0.1) is 0 Å². The van der Waals surface area contributed by atoms with Crippen LogP contribution >= 0.6 is 0 Å². The number of carbonyl (C=O) groups excluding carboxylic acids is 1. The Labute approximate surface area is 171 Å². The SMILES string of the molecule is CCN1[C@H]2CCN(C(=O)Nc3ccccc3)CC[C@@H]2Oc2ccccc2S1(=O)=O. The standard InChI is InChI=1S/C21H25N3O4S/c1-2-24-17-12-14-23(21(25)22-16-8-4-3-5-9-16)15-13-18(17)28-19-10-6-7-11-20(19)29(24,26)27/h3-11,17-18H,2,12-15H2,1H3,(H,22,25)/t17-,18-/m0/s1. The highest BCUT2D eigenvalue weighted by Gasteiger charge is 2.42. The number of para-hydroxylation sites is 2. The number of ether oxygens (including phenoxy) is 1. The van der Waals surface area contributed by atoms with Crippen molar-refractivity contribution in [3.05, 3.63) is 54.6 Å². The molecule has 2 aromatic rings. The van der Waals surface area contributed by atoms with E-state index in [9.17, 15) is 13.2 Å². The zero-order chi connectivity index (χ0) is 20.4. The molecule has 7 nitrogen and oxygen atoms in total. The van der Waals surface area contributed by atoms with Gasteiger partial charge >= 0.3 is 6.03 Å². The molecule has 1 fully saturated rings. The molecule has 29 heavy (non-hydrogen) atoms. The van der Waals surface area contributed by atoms with E-state index in [-0.39, 0.29) is 23.1 Å². The lowest BCUT2D eigenvalue weighted by Gasteiger charge is -2.30. The lowest BCUT2D eigenvalue weighted by molar-refractivity contribution is 0.115. The predicted molar refractivity (Wildman–Crippen MR) is 110 cm³/mol. The van der Waals surface area contributed by atoms with Crippen LogP contribution in [0.3, 0.4) is 0 Å². The van der Waals surface area contributed by atoms with Crippen LogP contribution in [0.4, 0.5) is 10.5 Å². The Bertz CT molecular complexity index is 980. The number of nitrogens with zero attached hydrogens (tertiary/aromatic N) is 2. The second-order valence-electron chi connectivity index (χ2n) is 7.24. The van der Waals surface area contributed by atoms with Crippen molar-refractivity contribution < 1.29 is 17.9 Å². The number of anilines is 1. The molecule has 0 aromatic heterocycles. The molecular formula is C21H25N3O4S. The Morgan fingerprint density at radius 2 is 1.76 bits per heavy atom. The van der Waals surface area contributed by atoms with Crippen molar-refractivity contribution in [3.63, 3.8) is 0 Å². The van der Waals surface area contributed by atoms with Crippen LogP contribution < -0.4 is 10.1 Å². The lowest BCUT2D eigenvalue weighted by Crippen LogP contribution is -2.47. The van der Waals surface area contributed by atoms with Gasteiger partial charge in [-0.05, 0) is 30.7 Å². The number of rotatable bonds is 2. The summed E-state index contributed by atoms with van der Waals surface area (Å²) in [6.07, 6.45) is 0.782. The summed E-state index contributed by atoms with van der Waals surface area (Å²) in [7, 11) is -3.65. The van der Waals surface area contributed by atoms with E-state index in [1.54, 1.807) is 29.2 Å². The predicted octanol–water partition coefficient (Wildman–Crippen LogP) is 3.15. The maximum atomic E-state index is 13.2. The highest BCUT2D eigenvalue weighted by molar-refractivity contribution is 7.89. The van der Waals surface area contributed by atoms with E-state index in [1.807, 2.05) is 37.3 Å². The maximum Gasteiger partial charge on any atom is 0.321 e. The average molecular weight is 416 g/mol. The Balaban J connectivity index is 1.57. The molecule has 0 unspecified atom stereocenters. The van der Waals surface area contributed by atoms with Crippen LogP contribution in [-0.2, 0) is 10.0 Å². The van der Waals surface area contributed by atoms with Crippen molar-refractivity contribution in [2.24, 2.45) is 0 Å². The van der Waals surface area contributed by atoms with E-state index in [4.69, 9.17) is 4.74 Å². The molecule has 0 aliphatic carbocycles. The number of amides is 2. The molecule has 0 radical (unpaired) electrons. The first kappa shape index (κ1) is 19.7. The second-order valence-corrected chi connectivity index (χ2v) is 9.10. The minimum Gasteiger partial charge on any atom is -0.487 e. The number of carbonyl (C=O) groups is 1. The monoisotopic (exact) mass is 415 g/mol. The summed E-state index contributed by atoms with van der Waals surface area (Å²) in [6, 6.07) is 15.6. The summed E-state index contributed by atoms with van der Waals surface area (Å²) in [6.45, 7) is 3.16. The normalized spacial score (nSPS) is 23.7. The fourth-order valence-electron chi connectivity index (χ4n) is 4.09. The highest BCUT2D eigenvalue weighted by atomic mass is 32.2. The molecule has 2 aliphatic rings. The molecule has 2 atom stereocenters. The van der Waals surface area contributed by atoms with Gasteiger partial charge in [-0.2, -0.15) is 4.31 Å². The summed E-state index contributed by atoms with van der Waals surface area (Å²) in [5, 5.41) is 2.90. The van der Waals surface area contributed by atoms with Gasteiger partial charge in [-0.1, -0.05) is 37.3 Å². The Morgan fingerprint density at radius 3 is 2.52 bits per heavy atom. The lowest BCUT2D eigenvalue weighted by atomic mass is 10.1. The van der Waals surface area contributed by atoms with E-state index in [2.05, 4.69) is 5.32 Å². The van der Waals surface area contributed by atoms with Crippen LogP contribution in [-0.4, -0.2) is 55.4 Å². The van der Waals surface area contributed by atoms with Crippen LogP contribution in [0.15, 0.2) is 59.5 Å². The molecule has 1 saturated heterocycles. The Kier molecular flexibility index (Phi) is 5.47. The molecule has 2 aromatic carbocycles. The first-order valence-corrected chi connectivity index (χ1v) is 11.3. The third-order valence-electron chi connectivity index (χ3n) is 5.52. The average Bonchev–Trinajstić information content (AvgIpc) is 2.96. The van der Waals surface area contributed by atoms with Crippen LogP contribution in [0.5, 0.6) is 5.75 Å².